The Hall–Kier alpha value is -0.860. The van der Waals surface area contributed by atoms with E-state index >= 15 is 0 Å². The fourth-order valence-corrected chi connectivity index (χ4v) is 2.26. The van der Waals surface area contributed by atoms with E-state index in [0.717, 1.165) is 45.2 Å². The van der Waals surface area contributed by atoms with Crippen LogP contribution in [0.5, 0.6) is 0 Å². The molecule has 0 bridgehead atoms. The van der Waals surface area contributed by atoms with E-state index in [-0.39, 0.29) is 24.0 Å². The molecule has 0 atom stereocenters. The Bertz CT molecular complexity index is 494. The van der Waals surface area contributed by atoms with Crippen LogP contribution in [0, 0.1) is 0 Å². The van der Waals surface area contributed by atoms with Crippen molar-refractivity contribution in [2.24, 2.45) is 4.99 Å². The maximum atomic E-state index is 5.35. The lowest BCUT2D eigenvalue weighted by Crippen LogP contribution is -2.38. The summed E-state index contributed by atoms with van der Waals surface area (Å²) in [6.45, 7) is 10.6. The van der Waals surface area contributed by atoms with Crippen molar-refractivity contribution < 1.29 is 4.74 Å². The Morgan fingerprint density at radius 1 is 1.20 bits per heavy atom. The number of halogens is 1. The largest absolute Gasteiger partial charge is 0.382 e. The Morgan fingerprint density at radius 2 is 1.88 bits per heavy atom. The van der Waals surface area contributed by atoms with Crippen LogP contribution in [-0.4, -0.2) is 50.8 Å². The molecule has 0 radical (unpaired) electrons. The number of rotatable bonds is 10. The zero-order valence-electron chi connectivity index (χ0n) is 16.3. The summed E-state index contributed by atoms with van der Waals surface area (Å²) < 4.78 is 5.35. The second kappa shape index (κ2) is 14.3. The van der Waals surface area contributed by atoms with Crippen molar-refractivity contribution in [2.45, 2.75) is 46.3 Å². The lowest BCUT2D eigenvalue weighted by molar-refractivity contribution is 0.145. The van der Waals surface area contributed by atoms with Gasteiger partial charge in [-0.05, 0) is 45.4 Å². The fourth-order valence-electron chi connectivity index (χ4n) is 2.26. The topological polar surface area (TPSA) is 48.9 Å². The molecule has 0 unspecified atom stereocenters. The smallest absolute Gasteiger partial charge is 0.191 e. The normalized spacial score (nSPS) is 11.6. The summed E-state index contributed by atoms with van der Waals surface area (Å²) in [5, 5.41) is 6.72. The molecule has 1 rings (SSSR count). The highest BCUT2D eigenvalue weighted by Crippen LogP contribution is 2.12. The van der Waals surface area contributed by atoms with Gasteiger partial charge in [-0.3, -0.25) is 9.89 Å². The van der Waals surface area contributed by atoms with E-state index < -0.39 is 0 Å². The van der Waals surface area contributed by atoms with Gasteiger partial charge in [0.05, 0.1) is 0 Å². The molecule has 2 N–H and O–H groups in total. The number of nitrogens with one attached hydrogen (secondary N) is 2. The number of hydrogen-bond donors (Lipinski definition) is 2. The summed E-state index contributed by atoms with van der Waals surface area (Å²) in [6, 6.07) is 9.11. The van der Waals surface area contributed by atoms with E-state index in [9.17, 15) is 0 Å². The average Bonchev–Trinajstić information content (AvgIpc) is 2.58. The van der Waals surface area contributed by atoms with Crippen molar-refractivity contribution in [2.75, 3.05) is 33.9 Å². The summed E-state index contributed by atoms with van der Waals surface area (Å²) in [4.78, 5) is 6.63. The number of hydrogen-bond acceptors (Lipinski definition) is 3. The summed E-state index contributed by atoms with van der Waals surface area (Å²) >= 11 is 0. The molecular formula is C19H35IN4O. The van der Waals surface area contributed by atoms with Gasteiger partial charge < -0.3 is 15.4 Å². The second-order valence-electron chi connectivity index (χ2n) is 6.18. The predicted molar refractivity (Wildman–Crippen MR) is 118 cm³/mol. The molecule has 0 saturated heterocycles. The number of ether oxygens (including phenoxy) is 1. The maximum absolute atomic E-state index is 5.35. The number of guanidine groups is 1. The van der Waals surface area contributed by atoms with Crippen molar-refractivity contribution in [3.8, 4) is 0 Å². The van der Waals surface area contributed by atoms with Gasteiger partial charge in [0.2, 0.25) is 0 Å². The third-order valence-electron chi connectivity index (χ3n) is 4.05. The molecule has 25 heavy (non-hydrogen) atoms. The number of benzene rings is 1. The highest BCUT2D eigenvalue weighted by molar-refractivity contribution is 14.0. The van der Waals surface area contributed by atoms with Crippen LogP contribution in [0.4, 0.5) is 0 Å². The van der Waals surface area contributed by atoms with E-state index in [1.165, 1.54) is 11.1 Å². The Labute approximate surface area is 170 Å². The molecule has 6 heteroatoms. The standard InChI is InChI=1S/C19H34N4O.HI/c1-6-24-13-9-12-21-19(20-4)22-14-17-10-7-8-11-18(17)15-23(5)16(2)3;/h7-8,10-11,16H,6,9,12-15H2,1-5H3,(H2,20,21,22);1H. The van der Waals surface area contributed by atoms with Crippen LogP contribution in [-0.2, 0) is 17.8 Å². The van der Waals surface area contributed by atoms with Gasteiger partial charge in [-0.15, -0.1) is 24.0 Å². The van der Waals surface area contributed by atoms with Gasteiger partial charge in [0.25, 0.3) is 0 Å². The quantitative estimate of drug-likeness (QED) is 0.243. The van der Waals surface area contributed by atoms with Gasteiger partial charge in [-0.25, -0.2) is 0 Å². The van der Waals surface area contributed by atoms with Crippen molar-refractivity contribution in [1.82, 2.24) is 15.5 Å². The maximum Gasteiger partial charge on any atom is 0.191 e. The van der Waals surface area contributed by atoms with Gasteiger partial charge in [0.1, 0.15) is 0 Å². The molecule has 1 aromatic carbocycles. The first-order valence-electron chi connectivity index (χ1n) is 8.87. The minimum absolute atomic E-state index is 0. The summed E-state index contributed by atoms with van der Waals surface area (Å²) in [5.41, 5.74) is 2.66. The summed E-state index contributed by atoms with van der Waals surface area (Å²) in [5.74, 6) is 0.832. The molecule has 0 heterocycles. The average molecular weight is 462 g/mol. The zero-order chi connectivity index (χ0) is 17.8. The first-order chi connectivity index (χ1) is 11.6. The van der Waals surface area contributed by atoms with Gasteiger partial charge in [-0.2, -0.15) is 0 Å². The van der Waals surface area contributed by atoms with Crippen LogP contribution < -0.4 is 10.6 Å². The van der Waals surface area contributed by atoms with Crippen molar-refractivity contribution in [1.29, 1.82) is 0 Å². The predicted octanol–water partition coefficient (Wildman–Crippen LogP) is 3.24. The van der Waals surface area contributed by atoms with Crippen molar-refractivity contribution in [3.63, 3.8) is 0 Å². The third kappa shape index (κ3) is 10.0. The molecular weight excluding hydrogens is 427 g/mol. The van der Waals surface area contributed by atoms with Crippen LogP contribution in [0.3, 0.4) is 0 Å². The van der Waals surface area contributed by atoms with Gasteiger partial charge in [0.15, 0.2) is 5.96 Å². The minimum Gasteiger partial charge on any atom is -0.382 e. The lowest BCUT2D eigenvalue weighted by atomic mass is 10.1. The van der Waals surface area contributed by atoms with Gasteiger partial charge in [0, 0.05) is 45.9 Å². The Morgan fingerprint density at radius 3 is 2.48 bits per heavy atom. The van der Waals surface area contributed by atoms with Crippen LogP contribution in [0.1, 0.15) is 38.3 Å². The summed E-state index contributed by atoms with van der Waals surface area (Å²) in [6.07, 6.45) is 0.976. The van der Waals surface area contributed by atoms with Gasteiger partial charge in [-0.1, -0.05) is 24.3 Å². The molecule has 0 aliphatic carbocycles. The molecule has 0 saturated carbocycles. The monoisotopic (exact) mass is 462 g/mol. The summed E-state index contributed by atoms with van der Waals surface area (Å²) in [7, 11) is 3.96. The lowest BCUT2D eigenvalue weighted by Gasteiger charge is -2.23. The first kappa shape index (κ1) is 24.1. The fraction of sp³-hybridized carbons (Fsp3) is 0.632. The zero-order valence-corrected chi connectivity index (χ0v) is 18.7. The molecule has 5 nitrogen and oxygen atoms in total. The van der Waals surface area contributed by atoms with Crippen LogP contribution in [0.15, 0.2) is 29.3 Å². The Kier molecular flexibility index (Phi) is 13.8. The van der Waals surface area contributed by atoms with Crippen molar-refractivity contribution >= 4 is 29.9 Å². The van der Waals surface area contributed by atoms with E-state index in [4.69, 9.17) is 4.74 Å². The van der Waals surface area contributed by atoms with Crippen LogP contribution >= 0.6 is 24.0 Å². The van der Waals surface area contributed by atoms with Crippen LogP contribution in [0.2, 0.25) is 0 Å². The molecule has 144 valence electrons. The van der Waals surface area contributed by atoms with Crippen LogP contribution in [0.25, 0.3) is 0 Å². The molecule has 0 aliphatic rings. The molecule has 0 amide bonds. The first-order valence-corrected chi connectivity index (χ1v) is 8.87. The highest BCUT2D eigenvalue weighted by Gasteiger charge is 2.08. The van der Waals surface area contributed by atoms with E-state index in [1.807, 2.05) is 6.92 Å². The van der Waals surface area contributed by atoms with Gasteiger partial charge >= 0.3 is 0 Å². The highest BCUT2D eigenvalue weighted by atomic mass is 127. The number of nitrogens with zero attached hydrogens (tertiary/aromatic N) is 2. The SMILES string of the molecule is CCOCCCNC(=NC)NCc1ccccc1CN(C)C(C)C.I. The molecule has 0 fully saturated rings. The molecule has 0 aliphatic heterocycles. The molecule has 0 aromatic heterocycles. The Balaban J connectivity index is 0.00000576. The van der Waals surface area contributed by atoms with E-state index in [2.05, 4.69) is 65.7 Å². The van der Waals surface area contributed by atoms with E-state index in [0.29, 0.717) is 6.04 Å². The molecule has 1 aromatic rings. The second-order valence-corrected chi connectivity index (χ2v) is 6.18. The number of aliphatic imine (C=N–C) groups is 1. The van der Waals surface area contributed by atoms with E-state index in [1.54, 1.807) is 7.05 Å². The minimum atomic E-state index is 0. The molecule has 0 spiro atoms. The van der Waals surface area contributed by atoms with Crippen molar-refractivity contribution in [3.05, 3.63) is 35.4 Å². The third-order valence-corrected chi connectivity index (χ3v) is 4.05.